The van der Waals surface area contributed by atoms with Gasteiger partial charge in [-0.2, -0.15) is 8.42 Å². The Bertz CT molecular complexity index is 1350. The van der Waals surface area contributed by atoms with E-state index in [0.29, 0.717) is 11.3 Å². The summed E-state index contributed by atoms with van der Waals surface area (Å²) in [6.07, 6.45) is 2.83. The minimum absolute atomic E-state index is 0.00457. The minimum Gasteiger partial charge on any atom is -0.494 e. The number of benzene rings is 1. The van der Waals surface area contributed by atoms with Crippen LogP contribution in [0.3, 0.4) is 0 Å². The maximum Gasteiger partial charge on any atom is 0.296 e. The van der Waals surface area contributed by atoms with Gasteiger partial charge in [-0.3, -0.25) is 19.1 Å². The van der Waals surface area contributed by atoms with Crippen molar-refractivity contribution in [3.63, 3.8) is 0 Å². The number of pyridine rings is 1. The number of sulfonamides is 1. The molecule has 0 fully saturated rings. The monoisotopic (exact) mass is 484 g/mol. The predicted molar refractivity (Wildman–Crippen MR) is 120 cm³/mol. The highest BCUT2D eigenvalue weighted by Crippen LogP contribution is 2.42. The number of fused-ring (bicyclic) bond motifs is 1. The molecule has 0 aliphatic carbocycles. The smallest absolute Gasteiger partial charge is 0.296 e. The number of anilines is 2. The lowest BCUT2D eigenvalue weighted by molar-refractivity contribution is -0.121. The van der Waals surface area contributed by atoms with E-state index in [9.17, 15) is 22.8 Å². The maximum atomic E-state index is 12.9. The van der Waals surface area contributed by atoms with Crippen molar-refractivity contribution in [1.82, 2.24) is 10.3 Å². The number of hydrogen-bond acceptors (Lipinski definition) is 8. The highest BCUT2D eigenvalue weighted by molar-refractivity contribution is 7.92. The van der Waals surface area contributed by atoms with Crippen LogP contribution in [0.2, 0.25) is 0 Å². The van der Waals surface area contributed by atoms with Crippen molar-refractivity contribution >= 4 is 39.0 Å². The van der Waals surface area contributed by atoms with Gasteiger partial charge in [0.05, 0.1) is 36.9 Å². The summed E-state index contributed by atoms with van der Waals surface area (Å²) in [5.74, 6) is -1.34. The topological polar surface area (TPSA) is 157 Å². The number of furan rings is 1. The Labute approximate surface area is 194 Å². The van der Waals surface area contributed by atoms with E-state index in [-0.39, 0.29) is 53.0 Å². The van der Waals surface area contributed by atoms with Gasteiger partial charge >= 0.3 is 0 Å². The van der Waals surface area contributed by atoms with Crippen LogP contribution in [0.15, 0.2) is 58.3 Å². The average Bonchev–Trinajstić information content (AvgIpc) is 3.45. The number of ketones is 1. The van der Waals surface area contributed by atoms with Gasteiger partial charge in [-0.15, -0.1) is 0 Å². The van der Waals surface area contributed by atoms with Crippen LogP contribution < -0.4 is 20.1 Å². The van der Waals surface area contributed by atoms with Crippen molar-refractivity contribution in [3.05, 3.63) is 65.7 Å². The van der Waals surface area contributed by atoms with Gasteiger partial charge in [0.1, 0.15) is 11.5 Å². The van der Waals surface area contributed by atoms with E-state index in [2.05, 4.69) is 20.3 Å². The van der Waals surface area contributed by atoms with Gasteiger partial charge in [-0.25, -0.2) is 4.98 Å². The molecule has 34 heavy (non-hydrogen) atoms. The second kappa shape index (κ2) is 9.35. The second-order valence-corrected chi connectivity index (χ2v) is 8.90. The van der Waals surface area contributed by atoms with Crippen molar-refractivity contribution in [1.29, 1.82) is 0 Å². The summed E-state index contributed by atoms with van der Waals surface area (Å²) in [6, 6.07) is 9.07. The lowest BCUT2D eigenvalue weighted by atomic mass is 10.0. The van der Waals surface area contributed by atoms with Crippen LogP contribution in [-0.4, -0.2) is 38.1 Å². The zero-order valence-electron chi connectivity index (χ0n) is 18.0. The van der Waals surface area contributed by atoms with Crippen LogP contribution in [0.1, 0.15) is 28.1 Å². The highest BCUT2D eigenvalue weighted by atomic mass is 32.2. The summed E-state index contributed by atoms with van der Waals surface area (Å²) in [4.78, 5) is 40.5. The third-order valence-electron chi connectivity index (χ3n) is 5.08. The van der Waals surface area contributed by atoms with E-state index < -0.39 is 21.7 Å². The summed E-state index contributed by atoms with van der Waals surface area (Å²) in [6.45, 7) is 0.191. The average molecular weight is 484 g/mol. The summed E-state index contributed by atoms with van der Waals surface area (Å²) in [5.41, 5.74) is 0.393. The number of rotatable bonds is 9. The molecule has 176 valence electrons. The molecule has 1 aliphatic heterocycles. The van der Waals surface area contributed by atoms with Crippen molar-refractivity contribution in [2.75, 3.05) is 17.1 Å². The van der Waals surface area contributed by atoms with E-state index in [4.69, 9.17) is 9.15 Å². The molecule has 2 amide bonds. The number of methoxy groups -OCH3 is 1. The molecule has 0 radical (unpaired) electrons. The third-order valence-corrected chi connectivity index (χ3v) is 6.36. The molecule has 2 aromatic heterocycles. The first-order valence-electron chi connectivity index (χ1n) is 10.1. The van der Waals surface area contributed by atoms with E-state index in [1.54, 1.807) is 18.2 Å². The van der Waals surface area contributed by atoms with Gasteiger partial charge in [0, 0.05) is 18.2 Å². The Hall–Kier alpha value is -4.19. The SMILES string of the molecule is COc1c(CCC(=O)NCc2ccco2)c(NS(=O)(=O)c2ccccn2)cc2c1NC(=O)C2=O. The van der Waals surface area contributed by atoms with Crippen LogP contribution in [-0.2, 0) is 32.6 Å². The molecule has 0 saturated heterocycles. The van der Waals surface area contributed by atoms with Gasteiger partial charge in [0.25, 0.3) is 21.7 Å². The number of nitrogens with one attached hydrogen (secondary N) is 3. The summed E-state index contributed by atoms with van der Waals surface area (Å²) < 4.78 is 38.8. The number of carbonyl (C=O) groups is 3. The van der Waals surface area contributed by atoms with Gasteiger partial charge in [-0.1, -0.05) is 6.07 Å². The molecule has 0 bridgehead atoms. The zero-order chi connectivity index (χ0) is 24.3. The Balaban J connectivity index is 1.66. The van der Waals surface area contributed by atoms with Crippen LogP contribution in [0.5, 0.6) is 5.75 Å². The van der Waals surface area contributed by atoms with Crippen molar-refractivity contribution in [3.8, 4) is 5.75 Å². The Morgan fingerprint density at radius 1 is 1.21 bits per heavy atom. The summed E-state index contributed by atoms with van der Waals surface area (Å²) in [7, 11) is -2.81. The first-order valence-corrected chi connectivity index (χ1v) is 11.6. The number of carbonyl (C=O) groups excluding carboxylic acids is 3. The van der Waals surface area contributed by atoms with E-state index in [1.165, 1.54) is 37.8 Å². The first-order chi connectivity index (χ1) is 16.3. The number of amides is 2. The van der Waals surface area contributed by atoms with Crippen LogP contribution in [0.25, 0.3) is 0 Å². The standard InChI is InChI=1S/C22H20N4O7S/c1-32-21-14(7-8-17(27)24-12-13-5-4-10-33-13)16(11-15-19(21)25-22(29)20(15)28)26-34(30,31)18-6-2-3-9-23-18/h2-6,9-11,26H,7-8,12H2,1H3,(H,24,27)(H,25,28,29). The molecule has 0 spiro atoms. The van der Waals surface area contributed by atoms with E-state index >= 15 is 0 Å². The Morgan fingerprint density at radius 2 is 2.03 bits per heavy atom. The normalized spacial score (nSPS) is 12.7. The fourth-order valence-corrected chi connectivity index (χ4v) is 4.52. The second-order valence-electron chi connectivity index (χ2n) is 7.27. The molecule has 3 N–H and O–H groups in total. The number of Topliss-reactive ketones (excluding diaryl/α,β-unsaturated/α-hetero) is 1. The van der Waals surface area contributed by atoms with Gasteiger partial charge in [0.2, 0.25) is 5.91 Å². The van der Waals surface area contributed by atoms with E-state index in [1.807, 2.05) is 0 Å². The van der Waals surface area contributed by atoms with Crippen LogP contribution >= 0.6 is 0 Å². The molecule has 1 aromatic carbocycles. The molecule has 12 heteroatoms. The predicted octanol–water partition coefficient (Wildman–Crippen LogP) is 1.87. The molecule has 0 unspecified atom stereocenters. The fraction of sp³-hybridized carbons (Fsp3) is 0.182. The highest BCUT2D eigenvalue weighted by Gasteiger charge is 2.34. The first kappa shape index (κ1) is 23.0. The summed E-state index contributed by atoms with van der Waals surface area (Å²) in [5, 5.41) is 4.91. The lowest BCUT2D eigenvalue weighted by Crippen LogP contribution is -2.23. The molecule has 11 nitrogen and oxygen atoms in total. The van der Waals surface area contributed by atoms with Gasteiger partial charge in [-0.05, 0) is 36.8 Å². The molecule has 0 atom stereocenters. The molecule has 3 aromatic rings. The molecular formula is C22H20N4O7S. The third kappa shape index (κ3) is 4.62. The van der Waals surface area contributed by atoms with Crippen LogP contribution in [0.4, 0.5) is 11.4 Å². The van der Waals surface area contributed by atoms with Gasteiger partial charge in [0.15, 0.2) is 5.03 Å². The van der Waals surface area contributed by atoms with Gasteiger partial charge < -0.3 is 19.8 Å². The summed E-state index contributed by atoms with van der Waals surface area (Å²) >= 11 is 0. The lowest BCUT2D eigenvalue weighted by Gasteiger charge is -2.18. The minimum atomic E-state index is -4.13. The number of ether oxygens (including phenoxy) is 1. The molecular weight excluding hydrogens is 464 g/mol. The molecule has 1 aliphatic rings. The largest absolute Gasteiger partial charge is 0.494 e. The fourth-order valence-electron chi connectivity index (χ4n) is 3.49. The maximum absolute atomic E-state index is 12.9. The number of nitrogens with zero attached hydrogens (tertiary/aromatic N) is 1. The van der Waals surface area contributed by atoms with Crippen molar-refractivity contribution < 1.29 is 32.0 Å². The Kier molecular flexibility index (Phi) is 6.32. The molecule has 4 rings (SSSR count). The molecule has 3 heterocycles. The van der Waals surface area contributed by atoms with Crippen LogP contribution in [0, 0.1) is 0 Å². The van der Waals surface area contributed by atoms with Crippen molar-refractivity contribution in [2.45, 2.75) is 24.4 Å². The van der Waals surface area contributed by atoms with Crippen molar-refractivity contribution in [2.24, 2.45) is 0 Å². The Morgan fingerprint density at radius 3 is 2.71 bits per heavy atom. The number of hydrogen-bond donors (Lipinski definition) is 3. The van der Waals surface area contributed by atoms with E-state index in [0.717, 1.165) is 0 Å². The quantitative estimate of drug-likeness (QED) is 0.389. The zero-order valence-corrected chi connectivity index (χ0v) is 18.8. The molecule has 0 saturated carbocycles. The number of aromatic nitrogens is 1.